The van der Waals surface area contributed by atoms with Gasteiger partial charge >= 0.3 is 0 Å². The quantitative estimate of drug-likeness (QED) is 0.445. The summed E-state index contributed by atoms with van der Waals surface area (Å²) in [4.78, 5) is -0.441. The first-order valence-electron chi connectivity index (χ1n) is 10.4. The lowest BCUT2D eigenvalue weighted by Gasteiger charge is -2.27. The Morgan fingerprint density at radius 3 is 1.87 bits per heavy atom. The van der Waals surface area contributed by atoms with Crippen LogP contribution in [-0.4, -0.2) is 18.1 Å². The van der Waals surface area contributed by atoms with E-state index in [0.29, 0.717) is 12.0 Å². The minimum Gasteiger partial charge on any atom is -0.506 e. The van der Waals surface area contributed by atoms with Gasteiger partial charge in [0.05, 0.1) is 0 Å². The van der Waals surface area contributed by atoms with E-state index in [1.807, 2.05) is 75.4 Å². The highest BCUT2D eigenvalue weighted by Crippen LogP contribution is 2.43. The molecule has 4 nitrogen and oxygen atoms in total. The van der Waals surface area contributed by atoms with Gasteiger partial charge in [0.1, 0.15) is 10.6 Å². The van der Waals surface area contributed by atoms with E-state index >= 15 is 0 Å². The molecule has 5 heteroatoms. The van der Waals surface area contributed by atoms with E-state index in [9.17, 15) is 18.1 Å². The molecule has 0 aliphatic heterocycles. The van der Waals surface area contributed by atoms with Crippen LogP contribution in [0.25, 0.3) is 0 Å². The van der Waals surface area contributed by atoms with E-state index in [2.05, 4.69) is 19.1 Å². The Balaban J connectivity index is 2.21. The number of hydrogen-bond acceptors (Lipinski definition) is 3. The molecule has 0 aliphatic rings. The molecule has 0 saturated carbocycles. The summed E-state index contributed by atoms with van der Waals surface area (Å²) in [5.41, 5.74) is 3.03. The molecular weight excluding hydrogens is 408 g/mol. The zero-order chi connectivity index (χ0) is 22.8. The molecule has 3 aromatic rings. The highest BCUT2D eigenvalue weighted by Gasteiger charge is 2.29. The molecule has 0 spiro atoms. The summed E-state index contributed by atoms with van der Waals surface area (Å²) >= 11 is 0. The largest absolute Gasteiger partial charge is 0.506 e. The van der Waals surface area contributed by atoms with Crippen LogP contribution >= 0.6 is 0 Å². The second-order valence-corrected chi connectivity index (χ2v) is 10.5. The lowest BCUT2D eigenvalue weighted by atomic mass is 9.78. The van der Waals surface area contributed by atoms with Gasteiger partial charge in [-0.2, -0.15) is 8.42 Å². The van der Waals surface area contributed by atoms with Gasteiger partial charge in [-0.25, -0.2) is 0 Å². The second kappa shape index (κ2) is 8.85. The molecule has 0 saturated heterocycles. The molecule has 0 bridgehead atoms. The fraction of sp³-hybridized carbons (Fsp3) is 0.308. The molecular formula is C26H30O4S. The first-order valence-corrected chi connectivity index (χ1v) is 11.9. The lowest BCUT2D eigenvalue weighted by Crippen LogP contribution is -2.15. The summed E-state index contributed by atoms with van der Waals surface area (Å²) < 4.78 is 34.0. The van der Waals surface area contributed by atoms with Crippen LogP contribution < -0.4 is 0 Å². The summed E-state index contributed by atoms with van der Waals surface area (Å²) in [6, 6.07) is 23.1. The third-order valence-corrected chi connectivity index (χ3v) is 6.65. The van der Waals surface area contributed by atoms with Crippen molar-refractivity contribution in [3.8, 4) is 5.75 Å². The Labute approximate surface area is 185 Å². The summed E-state index contributed by atoms with van der Waals surface area (Å²) in [7, 11) is -4.59. The maximum absolute atomic E-state index is 12.1. The zero-order valence-corrected chi connectivity index (χ0v) is 19.2. The van der Waals surface area contributed by atoms with E-state index in [-0.39, 0.29) is 23.0 Å². The van der Waals surface area contributed by atoms with Gasteiger partial charge in [0.15, 0.2) is 0 Å². The van der Waals surface area contributed by atoms with Gasteiger partial charge in [-0.05, 0) is 40.5 Å². The van der Waals surface area contributed by atoms with Crippen LogP contribution in [0.4, 0.5) is 0 Å². The highest BCUT2D eigenvalue weighted by molar-refractivity contribution is 7.86. The predicted molar refractivity (Wildman–Crippen MR) is 124 cm³/mol. The molecule has 0 aliphatic carbocycles. The summed E-state index contributed by atoms with van der Waals surface area (Å²) in [6.07, 6.45) is 0.667. The van der Waals surface area contributed by atoms with Crippen molar-refractivity contribution in [2.24, 2.45) is 0 Å². The Morgan fingerprint density at radius 2 is 1.39 bits per heavy atom. The van der Waals surface area contributed by atoms with Crippen molar-refractivity contribution < 1.29 is 18.1 Å². The molecule has 164 valence electrons. The minimum absolute atomic E-state index is 0.165. The van der Waals surface area contributed by atoms with Crippen molar-refractivity contribution in [1.82, 2.24) is 0 Å². The van der Waals surface area contributed by atoms with Gasteiger partial charge in [0.25, 0.3) is 10.1 Å². The van der Waals surface area contributed by atoms with E-state index < -0.39 is 15.0 Å². The standard InChI is InChI=1S/C26H30O4S/c1-18(19-11-7-5-8-12-19)15-22(20-13-9-6-10-14-20)23-16-21(26(2,3)4)17-24(25(23)27)31(28,29)30/h5-14,16-18,22,27H,15H2,1-4H3,(H,28,29,30). The van der Waals surface area contributed by atoms with Crippen molar-refractivity contribution >= 4 is 10.1 Å². The van der Waals surface area contributed by atoms with Crippen LogP contribution in [0.3, 0.4) is 0 Å². The lowest BCUT2D eigenvalue weighted by molar-refractivity contribution is 0.430. The van der Waals surface area contributed by atoms with Crippen molar-refractivity contribution in [1.29, 1.82) is 0 Å². The number of hydrogen-bond donors (Lipinski definition) is 2. The fourth-order valence-electron chi connectivity index (χ4n) is 3.92. The smallest absolute Gasteiger partial charge is 0.298 e. The monoisotopic (exact) mass is 438 g/mol. The maximum atomic E-state index is 12.1. The van der Waals surface area contributed by atoms with Crippen molar-refractivity contribution in [3.63, 3.8) is 0 Å². The molecule has 2 N–H and O–H groups in total. The van der Waals surface area contributed by atoms with Gasteiger partial charge in [-0.1, -0.05) is 94.4 Å². The Bertz CT molecular complexity index is 1130. The number of phenolic OH excluding ortho intramolecular Hbond substituents is 1. The first-order chi connectivity index (χ1) is 14.5. The van der Waals surface area contributed by atoms with Crippen molar-refractivity contribution in [3.05, 3.63) is 95.1 Å². The number of phenols is 1. The molecule has 3 aromatic carbocycles. The second-order valence-electron chi connectivity index (χ2n) is 9.15. The summed E-state index contributed by atoms with van der Waals surface area (Å²) in [5.74, 6) is -0.470. The van der Waals surface area contributed by atoms with Crippen LogP contribution in [0.5, 0.6) is 5.75 Å². The zero-order valence-electron chi connectivity index (χ0n) is 18.4. The van der Waals surface area contributed by atoms with Crippen molar-refractivity contribution in [2.75, 3.05) is 0 Å². The fourth-order valence-corrected chi connectivity index (χ4v) is 4.56. The third kappa shape index (κ3) is 5.35. The van der Waals surface area contributed by atoms with Crippen LogP contribution in [0, 0.1) is 0 Å². The van der Waals surface area contributed by atoms with Crippen LogP contribution in [0.15, 0.2) is 77.7 Å². The molecule has 0 amide bonds. The average molecular weight is 439 g/mol. The highest BCUT2D eigenvalue weighted by atomic mass is 32.2. The molecule has 2 atom stereocenters. The summed E-state index contributed by atoms with van der Waals surface area (Å²) in [6.45, 7) is 8.04. The van der Waals surface area contributed by atoms with E-state index in [4.69, 9.17) is 0 Å². The van der Waals surface area contributed by atoms with Crippen LogP contribution in [-0.2, 0) is 15.5 Å². The molecule has 0 heterocycles. The predicted octanol–water partition coefficient (Wildman–Crippen LogP) is 6.26. The molecule has 2 unspecified atom stereocenters. The SMILES string of the molecule is CC(CC(c1ccccc1)c1cc(C(C)(C)C)cc(S(=O)(=O)O)c1O)c1ccccc1. The van der Waals surface area contributed by atoms with E-state index in [1.54, 1.807) is 0 Å². The third-order valence-electron chi connectivity index (χ3n) is 5.78. The Morgan fingerprint density at radius 1 is 0.871 bits per heavy atom. The Hall–Kier alpha value is -2.63. The van der Waals surface area contributed by atoms with Crippen LogP contribution in [0.2, 0.25) is 0 Å². The van der Waals surface area contributed by atoms with E-state index in [0.717, 1.165) is 11.1 Å². The normalized spacial score (nSPS) is 14.2. The van der Waals surface area contributed by atoms with Gasteiger partial charge in [0, 0.05) is 11.5 Å². The molecule has 0 fully saturated rings. The minimum atomic E-state index is -4.59. The number of rotatable bonds is 6. The van der Waals surface area contributed by atoms with E-state index in [1.165, 1.54) is 11.6 Å². The molecule has 0 aromatic heterocycles. The first kappa shape index (κ1) is 23.0. The molecule has 3 rings (SSSR count). The Kier molecular flexibility index (Phi) is 6.58. The summed E-state index contributed by atoms with van der Waals surface area (Å²) in [5, 5.41) is 11.0. The topological polar surface area (TPSA) is 74.6 Å². The van der Waals surface area contributed by atoms with Gasteiger partial charge in [-0.3, -0.25) is 4.55 Å². The molecule has 0 radical (unpaired) electrons. The molecule has 31 heavy (non-hydrogen) atoms. The van der Waals surface area contributed by atoms with Gasteiger partial charge in [0.2, 0.25) is 0 Å². The van der Waals surface area contributed by atoms with Crippen molar-refractivity contribution in [2.45, 2.75) is 56.3 Å². The maximum Gasteiger partial charge on any atom is 0.298 e. The number of benzene rings is 3. The van der Waals surface area contributed by atoms with Crippen LogP contribution in [0.1, 0.15) is 68.2 Å². The van der Waals surface area contributed by atoms with Gasteiger partial charge in [-0.15, -0.1) is 0 Å². The average Bonchev–Trinajstić information content (AvgIpc) is 2.72. The number of aromatic hydroxyl groups is 1. The van der Waals surface area contributed by atoms with Gasteiger partial charge < -0.3 is 5.11 Å².